The Balaban J connectivity index is 2.18. The molecule has 0 fully saturated rings. The predicted molar refractivity (Wildman–Crippen MR) is 91.1 cm³/mol. The number of ether oxygens (including phenoxy) is 1. The molecule has 0 aliphatic rings. The van der Waals surface area contributed by atoms with Crippen LogP contribution in [0.3, 0.4) is 0 Å². The van der Waals surface area contributed by atoms with Gasteiger partial charge in [0, 0.05) is 12.6 Å². The fraction of sp³-hybridized carbons (Fsp3) is 0.611. The highest BCUT2D eigenvalue weighted by atomic mass is 16.6. The van der Waals surface area contributed by atoms with Crippen LogP contribution in [0.2, 0.25) is 0 Å². The largest absolute Gasteiger partial charge is 0.444 e. The maximum atomic E-state index is 11.6. The van der Waals surface area contributed by atoms with Crippen molar-refractivity contribution in [3.05, 3.63) is 35.9 Å². The van der Waals surface area contributed by atoms with Crippen LogP contribution >= 0.6 is 0 Å². The Labute approximate surface area is 134 Å². The molecule has 0 aliphatic carbocycles. The van der Waals surface area contributed by atoms with Gasteiger partial charge in [-0.15, -0.1) is 0 Å². The van der Waals surface area contributed by atoms with Crippen molar-refractivity contribution in [3.8, 4) is 0 Å². The summed E-state index contributed by atoms with van der Waals surface area (Å²) >= 11 is 0. The summed E-state index contributed by atoms with van der Waals surface area (Å²) in [6.07, 6.45) is 2.79. The summed E-state index contributed by atoms with van der Waals surface area (Å²) in [7, 11) is 0. The highest BCUT2D eigenvalue weighted by Crippen LogP contribution is 2.06. The summed E-state index contributed by atoms with van der Waals surface area (Å²) in [4.78, 5) is 11.6. The Bertz CT molecular complexity index is 426. The minimum absolute atomic E-state index is 0.281. The van der Waals surface area contributed by atoms with Crippen LogP contribution in [0.25, 0.3) is 0 Å². The first-order valence-corrected chi connectivity index (χ1v) is 8.15. The molecule has 1 aromatic rings. The molecule has 0 saturated heterocycles. The first-order chi connectivity index (χ1) is 10.4. The molecule has 124 valence electrons. The van der Waals surface area contributed by atoms with Gasteiger partial charge in [-0.2, -0.15) is 0 Å². The van der Waals surface area contributed by atoms with Crippen LogP contribution in [-0.2, 0) is 11.2 Å². The monoisotopic (exact) mass is 306 g/mol. The van der Waals surface area contributed by atoms with Crippen molar-refractivity contribution in [2.75, 3.05) is 13.1 Å². The lowest BCUT2D eigenvalue weighted by molar-refractivity contribution is 0.0522. The molecule has 4 heteroatoms. The molecular formula is C18H30N2O2. The second-order valence-electron chi connectivity index (χ2n) is 6.53. The van der Waals surface area contributed by atoms with Crippen molar-refractivity contribution in [2.24, 2.45) is 0 Å². The number of rotatable bonds is 8. The van der Waals surface area contributed by atoms with E-state index >= 15 is 0 Å². The van der Waals surface area contributed by atoms with E-state index in [-0.39, 0.29) is 12.1 Å². The van der Waals surface area contributed by atoms with E-state index in [9.17, 15) is 4.79 Å². The summed E-state index contributed by atoms with van der Waals surface area (Å²) < 4.78 is 5.24. The Morgan fingerprint density at radius 1 is 1.23 bits per heavy atom. The number of hydrogen-bond donors (Lipinski definition) is 2. The van der Waals surface area contributed by atoms with Gasteiger partial charge in [0.1, 0.15) is 5.60 Å². The van der Waals surface area contributed by atoms with Crippen LogP contribution in [0.15, 0.2) is 30.3 Å². The van der Waals surface area contributed by atoms with Crippen molar-refractivity contribution in [1.29, 1.82) is 0 Å². The van der Waals surface area contributed by atoms with Crippen LogP contribution in [0.5, 0.6) is 0 Å². The van der Waals surface area contributed by atoms with Gasteiger partial charge < -0.3 is 15.4 Å². The van der Waals surface area contributed by atoms with Gasteiger partial charge in [-0.05, 0) is 52.1 Å². The lowest BCUT2D eigenvalue weighted by Gasteiger charge is -2.22. The molecule has 1 amide bonds. The maximum absolute atomic E-state index is 11.6. The molecule has 0 radical (unpaired) electrons. The molecule has 0 bridgehead atoms. The highest BCUT2D eigenvalue weighted by molar-refractivity contribution is 5.67. The zero-order valence-electron chi connectivity index (χ0n) is 14.3. The Morgan fingerprint density at radius 2 is 1.91 bits per heavy atom. The fourth-order valence-electron chi connectivity index (χ4n) is 2.12. The minimum atomic E-state index is -0.449. The number of alkyl carbamates (subject to hydrolysis) is 1. The van der Waals surface area contributed by atoms with Gasteiger partial charge >= 0.3 is 6.09 Å². The third-order valence-corrected chi connectivity index (χ3v) is 3.30. The second kappa shape index (κ2) is 9.46. The zero-order valence-corrected chi connectivity index (χ0v) is 14.3. The number of carbonyl (C=O) groups excluding carboxylic acids is 1. The molecule has 1 atom stereocenters. The summed E-state index contributed by atoms with van der Waals surface area (Å²) in [6.45, 7) is 9.26. The SMILES string of the molecule is CCC(CNC(=O)OC(C)(C)C)NCCCc1ccccc1. The van der Waals surface area contributed by atoms with Gasteiger partial charge in [-0.1, -0.05) is 37.3 Å². The average molecular weight is 306 g/mol. The Morgan fingerprint density at radius 3 is 2.50 bits per heavy atom. The molecule has 0 aliphatic heterocycles. The summed E-state index contributed by atoms with van der Waals surface area (Å²) in [6, 6.07) is 10.8. The van der Waals surface area contributed by atoms with E-state index in [1.165, 1.54) is 5.56 Å². The third-order valence-electron chi connectivity index (χ3n) is 3.30. The predicted octanol–water partition coefficient (Wildman–Crippen LogP) is 3.51. The van der Waals surface area contributed by atoms with Crippen molar-refractivity contribution >= 4 is 6.09 Å². The van der Waals surface area contributed by atoms with Crippen molar-refractivity contribution in [1.82, 2.24) is 10.6 Å². The Hall–Kier alpha value is -1.55. The van der Waals surface area contributed by atoms with E-state index in [2.05, 4.69) is 41.8 Å². The van der Waals surface area contributed by atoms with Crippen LogP contribution in [0.1, 0.15) is 46.1 Å². The van der Waals surface area contributed by atoms with Crippen molar-refractivity contribution in [3.63, 3.8) is 0 Å². The summed E-state index contributed by atoms with van der Waals surface area (Å²) in [5, 5.41) is 6.31. The number of amides is 1. The van der Waals surface area contributed by atoms with E-state index in [4.69, 9.17) is 4.74 Å². The second-order valence-corrected chi connectivity index (χ2v) is 6.53. The van der Waals surface area contributed by atoms with Gasteiger partial charge in [0.25, 0.3) is 0 Å². The molecule has 1 aromatic carbocycles. The van der Waals surface area contributed by atoms with Crippen molar-refractivity contribution < 1.29 is 9.53 Å². The molecule has 0 spiro atoms. The van der Waals surface area contributed by atoms with Gasteiger partial charge in [0.15, 0.2) is 0 Å². The summed E-state index contributed by atoms with van der Waals surface area (Å²) in [5.41, 5.74) is 0.916. The molecular weight excluding hydrogens is 276 g/mol. The third kappa shape index (κ3) is 8.67. The smallest absolute Gasteiger partial charge is 0.407 e. The number of carbonyl (C=O) groups is 1. The van der Waals surface area contributed by atoms with Crippen molar-refractivity contribution in [2.45, 2.75) is 58.6 Å². The van der Waals surface area contributed by atoms with E-state index in [0.717, 1.165) is 25.8 Å². The molecule has 0 heterocycles. The van der Waals surface area contributed by atoms with Crippen LogP contribution in [-0.4, -0.2) is 30.8 Å². The molecule has 0 saturated carbocycles. The number of nitrogens with one attached hydrogen (secondary N) is 2. The van der Waals surface area contributed by atoms with Gasteiger partial charge in [0.2, 0.25) is 0 Å². The maximum Gasteiger partial charge on any atom is 0.407 e. The van der Waals surface area contributed by atoms with Crippen LogP contribution in [0, 0.1) is 0 Å². The number of aryl methyl sites for hydroxylation is 1. The normalized spacial score (nSPS) is 12.7. The Kier molecular flexibility index (Phi) is 7.96. The van der Waals surface area contributed by atoms with Crippen LogP contribution in [0.4, 0.5) is 4.79 Å². The molecule has 1 unspecified atom stereocenters. The quantitative estimate of drug-likeness (QED) is 0.723. The lowest BCUT2D eigenvalue weighted by Crippen LogP contribution is -2.42. The van der Waals surface area contributed by atoms with E-state index in [0.29, 0.717) is 6.54 Å². The first-order valence-electron chi connectivity index (χ1n) is 8.15. The number of hydrogen-bond acceptors (Lipinski definition) is 3. The van der Waals surface area contributed by atoms with Gasteiger partial charge in [-0.25, -0.2) is 4.79 Å². The molecule has 4 nitrogen and oxygen atoms in total. The molecule has 1 rings (SSSR count). The first kappa shape index (κ1) is 18.5. The standard InChI is InChI=1S/C18H30N2O2/c1-5-16(14-20-17(21)22-18(2,3)4)19-13-9-12-15-10-7-6-8-11-15/h6-8,10-11,16,19H,5,9,12-14H2,1-4H3,(H,20,21). The fourth-order valence-corrected chi connectivity index (χ4v) is 2.12. The molecule has 2 N–H and O–H groups in total. The van der Waals surface area contributed by atoms with Gasteiger partial charge in [0.05, 0.1) is 0 Å². The topological polar surface area (TPSA) is 50.4 Å². The van der Waals surface area contributed by atoms with Crippen LogP contribution < -0.4 is 10.6 Å². The lowest BCUT2D eigenvalue weighted by atomic mass is 10.1. The highest BCUT2D eigenvalue weighted by Gasteiger charge is 2.16. The molecule has 22 heavy (non-hydrogen) atoms. The zero-order chi connectivity index (χ0) is 16.4. The number of benzene rings is 1. The van der Waals surface area contributed by atoms with E-state index in [1.54, 1.807) is 0 Å². The van der Waals surface area contributed by atoms with E-state index < -0.39 is 5.60 Å². The van der Waals surface area contributed by atoms with Gasteiger partial charge in [-0.3, -0.25) is 0 Å². The molecule has 0 aromatic heterocycles. The van der Waals surface area contributed by atoms with E-state index in [1.807, 2.05) is 26.8 Å². The average Bonchev–Trinajstić information content (AvgIpc) is 2.46. The minimum Gasteiger partial charge on any atom is -0.444 e. The summed E-state index contributed by atoms with van der Waals surface area (Å²) in [5.74, 6) is 0.